The van der Waals surface area contributed by atoms with Crippen molar-refractivity contribution >= 4 is 35.5 Å². The summed E-state index contributed by atoms with van der Waals surface area (Å²) in [7, 11) is 0. The highest BCUT2D eigenvalue weighted by Gasteiger charge is 2.32. The van der Waals surface area contributed by atoms with E-state index in [-0.39, 0.29) is 64.5 Å². The molecule has 324 valence electrons. The summed E-state index contributed by atoms with van der Waals surface area (Å²) in [5, 5.41) is 11.4. The Balaban J connectivity index is 3.78. The molecule has 0 unspecified atom stereocenters. The van der Waals surface area contributed by atoms with Gasteiger partial charge in [0.25, 0.3) is 5.69 Å². The molecule has 1 atom stereocenters. The molecule has 0 heterocycles. The molecule has 0 N–H and O–H groups in total. The van der Waals surface area contributed by atoms with Crippen LogP contribution in [0.4, 0.5) is 5.69 Å². The molecule has 0 spiro atoms. The molecule has 1 aromatic carbocycles. The zero-order valence-corrected chi connectivity index (χ0v) is 36.9. The van der Waals surface area contributed by atoms with Crippen LogP contribution in [0.15, 0.2) is 24.3 Å². The minimum atomic E-state index is -0.836. The molecular weight excluding hydrogens is 740 g/mol. The van der Waals surface area contributed by atoms with Crippen molar-refractivity contribution in [1.29, 1.82) is 0 Å². The van der Waals surface area contributed by atoms with Gasteiger partial charge in [-0.25, -0.2) is 0 Å². The summed E-state index contributed by atoms with van der Waals surface area (Å²) in [6, 6.07) is 5.21. The quantitative estimate of drug-likeness (QED) is 0.0776. The van der Waals surface area contributed by atoms with Gasteiger partial charge in [0, 0.05) is 37.8 Å². The van der Waals surface area contributed by atoms with Gasteiger partial charge < -0.3 is 23.7 Å². The highest BCUT2D eigenvalue weighted by molar-refractivity contribution is 5.76. The molecule has 0 saturated heterocycles. The van der Waals surface area contributed by atoms with E-state index in [9.17, 15) is 34.1 Å². The number of non-ortho nitro benzene ring substituents is 1. The monoisotopic (exact) mass is 808 g/mol. The molecule has 0 aromatic heterocycles. The Bertz CT molecular complexity index is 1450. The molecule has 0 aliphatic rings. The molecule has 16 nitrogen and oxygen atoms in total. The molecule has 16 heteroatoms. The first-order valence-corrected chi connectivity index (χ1v) is 19.2. The van der Waals surface area contributed by atoms with Crippen molar-refractivity contribution in [2.45, 2.75) is 144 Å². The largest absolute Gasteiger partial charge is 0.459 e. The summed E-state index contributed by atoms with van der Waals surface area (Å²) in [6.07, 6.45) is 0.175. The minimum absolute atomic E-state index is 0.0501. The second kappa shape index (κ2) is 21.0. The van der Waals surface area contributed by atoms with E-state index < -0.39 is 68.8 Å². The molecule has 57 heavy (non-hydrogen) atoms. The third kappa shape index (κ3) is 25.0. The number of hydrogen-bond donors (Lipinski definition) is 0. The van der Waals surface area contributed by atoms with Crippen LogP contribution < -0.4 is 0 Å². The van der Waals surface area contributed by atoms with Crippen LogP contribution in [0.5, 0.6) is 0 Å². The van der Waals surface area contributed by atoms with E-state index in [1.165, 1.54) is 12.1 Å². The van der Waals surface area contributed by atoms with Crippen LogP contribution in [0.2, 0.25) is 0 Å². The second-order valence-electron chi connectivity index (χ2n) is 19.1. The fraction of sp³-hybridized carbons (Fsp3) is 0.732. The fourth-order valence-corrected chi connectivity index (χ4v) is 5.43. The Morgan fingerprint density at radius 1 is 0.526 bits per heavy atom. The van der Waals surface area contributed by atoms with Crippen LogP contribution in [0, 0.1) is 10.1 Å². The first-order valence-electron chi connectivity index (χ1n) is 19.2. The Morgan fingerprint density at radius 2 is 0.825 bits per heavy atom. The Morgan fingerprint density at radius 3 is 1.14 bits per heavy atom. The summed E-state index contributed by atoms with van der Waals surface area (Å²) in [6.45, 7) is 24.8. The van der Waals surface area contributed by atoms with E-state index in [1.54, 1.807) is 131 Å². The predicted molar refractivity (Wildman–Crippen MR) is 214 cm³/mol. The van der Waals surface area contributed by atoms with Gasteiger partial charge >= 0.3 is 29.8 Å². The first kappa shape index (κ1) is 50.9. The van der Waals surface area contributed by atoms with E-state index in [4.69, 9.17) is 23.7 Å². The van der Waals surface area contributed by atoms with Gasteiger partial charge in [-0.3, -0.25) is 48.8 Å². The van der Waals surface area contributed by atoms with Gasteiger partial charge in [0.05, 0.1) is 37.6 Å². The molecule has 0 amide bonds. The lowest BCUT2D eigenvalue weighted by Gasteiger charge is -2.36. The second-order valence-corrected chi connectivity index (χ2v) is 19.1. The molecule has 1 rings (SSSR count). The van der Waals surface area contributed by atoms with Crippen molar-refractivity contribution < 1.29 is 52.6 Å². The number of ether oxygens (including phenoxy) is 5. The van der Waals surface area contributed by atoms with Gasteiger partial charge in [0.1, 0.15) is 28.0 Å². The Kier molecular flexibility index (Phi) is 18.8. The van der Waals surface area contributed by atoms with Crippen molar-refractivity contribution in [2.75, 3.05) is 52.4 Å². The summed E-state index contributed by atoms with van der Waals surface area (Å²) in [5.41, 5.74) is -3.52. The summed E-state index contributed by atoms with van der Waals surface area (Å²) in [4.78, 5) is 82.0. The maximum absolute atomic E-state index is 13.4. The first-order chi connectivity index (χ1) is 25.7. The van der Waals surface area contributed by atoms with Crippen molar-refractivity contribution in [2.24, 2.45) is 0 Å². The van der Waals surface area contributed by atoms with Crippen LogP contribution >= 0.6 is 0 Å². The smallest absolute Gasteiger partial charge is 0.320 e. The van der Waals surface area contributed by atoms with Crippen LogP contribution in [0.25, 0.3) is 0 Å². The molecule has 0 saturated carbocycles. The van der Waals surface area contributed by atoms with Crippen molar-refractivity contribution in [3.63, 3.8) is 0 Å². The number of benzene rings is 1. The lowest BCUT2D eigenvalue weighted by atomic mass is 10.0. The molecule has 0 aliphatic carbocycles. The lowest BCUT2D eigenvalue weighted by Crippen LogP contribution is -2.52. The minimum Gasteiger partial charge on any atom is -0.459 e. The molecule has 0 bridgehead atoms. The van der Waals surface area contributed by atoms with Crippen LogP contribution in [0.3, 0.4) is 0 Å². The highest BCUT2D eigenvalue weighted by atomic mass is 16.6. The number of nitro benzene ring substituents is 1. The van der Waals surface area contributed by atoms with E-state index in [0.29, 0.717) is 5.56 Å². The average Bonchev–Trinajstić information content (AvgIpc) is 2.94. The topological polar surface area (TPSA) is 184 Å². The van der Waals surface area contributed by atoms with E-state index in [1.807, 2.05) is 0 Å². The number of rotatable bonds is 19. The SMILES string of the molecule is CC(C)(C)OC(=O)CN(CCN(CC(=O)OC(C)(C)C)C[C@H](Cc1ccc([N+](=O)[O-])cc1)N(CC(=O)OC(C)(C)C)CC(=O)OC(C)(C)C)CC(=O)OC(C)(C)C. The van der Waals surface area contributed by atoms with Crippen LogP contribution in [0.1, 0.15) is 109 Å². The maximum atomic E-state index is 13.4. The van der Waals surface area contributed by atoms with Crippen LogP contribution in [-0.4, -0.2) is 136 Å². The summed E-state index contributed by atoms with van der Waals surface area (Å²) >= 11 is 0. The van der Waals surface area contributed by atoms with Crippen molar-refractivity contribution in [1.82, 2.24) is 14.7 Å². The number of carbonyl (C=O) groups is 5. The summed E-state index contributed by atoms with van der Waals surface area (Å²) < 4.78 is 28.1. The number of hydrogen-bond acceptors (Lipinski definition) is 15. The van der Waals surface area contributed by atoms with E-state index >= 15 is 0 Å². The molecular formula is C41H68N4O12. The maximum Gasteiger partial charge on any atom is 0.320 e. The molecule has 1 aromatic rings. The highest BCUT2D eigenvalue weighted by Crippen LogP contribution is 2.19. The number of carbonyl (C=O) groups excluding carboxylic acids is 5. The zero-order chi connectivity index (χ0) is 44.2. The Labute approximate surface area is 339 Å². The predicted octanol–water partition coefficient (Wildman–Crippen LogP) is 5.12. The van der Waals surface area contributed by atoms with Gasteiger partial charge in [0.2, 0.25) is 0 Å². The zero-order valence-electron chi connectivity index (χ0n) is 36.9. The average molecular weight is 809 g/mol. The van der Waals surface area contributed by atoms with Gasteiger partial charge in [0.15, 0.2) is 0 Å². The standard InChI is InChI=1S/C41H68N4O12/c1-37(2,3)53-32(46)24-42(20-21-43(25-33(47)54-38(4,5)6)26-34(48)55-39(7,8)9)23-31(22-29-16-18-30(19-17-29)45(51)52)44(27-35(49)56-40(10,11)12)28-36(50)57-41(13,14)15/h16-19,31H,20-28H2,1-15H3/t31-/m0/s1. The molecule has 0 fully saturated rings. The third-order valence-corrected chi connectivity index (χ3v) is 7.16. The third-order valence-electron chi connectivity index (χ3n) is 7.16. The molecule has 0 aliphatic heterocycles. The van der Waals surface area contributed by atoms with Crippen LogP contribution in [-0.2, 0) is 54.1 Å². The number of esters is 5. The number of nitrogens with zero attached hydrogens (tertiary/aromatic N) is 4. The normalized spacial score (nSPS) is 13.3. The fourth-order valence-electron chi connectivity index (χ4n) is 5.43. The number of nitro groups is 1. The molecule has 0 radical (unpaired) electrons. The van der Waals surface area contributed by atoms with Gasteiger partial charge in [-0.2, -0.15) is 0 Å². The van der Waals surface area contributed by atoms with Gasteiger partial charge in [-0.1, -0.05) is 12.1 Å². The van der Waals surface area contributed by atoms with E-state index in [0.717, 1.165) is 0 Å². The van der Waals surface area contributed by atoms with Crippen molar-refractivity contribution in [3.05, 3.63) is 39.9 Å². The van der Waals surface area contributed by atoms with E-state index in [2.05, 4.69) is 0 Å². The van der Waals surface area contributed by atoms with Crippen molar-refractivity contribution in [3.8, 4) is 0 Å². The lowest BCUT2D eigenvalue weighted by molar-refractivity contribution is -0.384. The van der Waals surface area contributed by atoms with Gasteiger partial charge in [-0.05, 0) is 116 Å². The summed E-state index contributed by atoms with van der Waals surface area (Å²) in [5.74, 6) is -2.92. The van der Waals surface area contributed by atoms with Gasteiger partial charge in [-0.15, -0.1) is 0 Å². The Hall–Kier alpha value is -4.15.